The summed E-state index contributed by atoms with van der Waals surface area (Å²) in [5.74, 6) is 6.14. The van der Waals surface area contributed by atoms with Crippen LogP contribution in [0.5, 0.6) is 0 Å². The highest BCUT2D eigenvalue weighted by atomic mass is 16.3. The van der Waals surface area contributed by atoms with Gasteiger partial charge in [0, 0.05) is 5.56 Å². The lowest BCUT2D eigenvalue weighted by atomic mass is 9.92. The molecule has 0 heterocycles. The van der Waals surface area contributed by atoms with Crippen LogP contribution in [-0.4, -0.2) is 11.2 Å². The zero-order valence-corrected chi connectivity index (χ0v) is 12.5. The van der Waals surface area contributed by atoms with Crippen LogP contribution in [0.2, 0.25) is 0 Å². The molecule has 0 fully saturated rings. The summed E-state index contributed by atoms with van der Waals surface area (Å²) < 4.78 is 0. The molecule has 21 heavy (non-hydrogen) atoms. The van der Waals surface area contributed by atoms with Crippen molar-refractivity contribution >= 4 is 0 Å². The van der Waals surface area contributed by atoms with Crippen molar-refractivity contribution in [2.75, 3.05) is 0 Å². The summed E-state index contributed by atoms with van der Waals surface area (Å²) in [4.78, 5) is 0. The first-order valence-corrected chi connectivity index (χ1v) is 7.14. The number of aliphatic hydroxyl groups is 1. The van der Waals surface area contributed by atoms with E-state index in [1.807, 2.05) is 55.5 Å². The average molecular weight is 276 g/mol. The monoisotopic (exact) mass is 276 g/mol. The summed E-state index contributed by atoms with van der Waals surface area (Å²) in [6.07, 6.45) is 3.04. The molecule has 1 nitrogen and oxygen atoms in total. The van der Waals surface area contributed by atoms with E-state index < -0.39 is 6.10 Å². The standard InChI is InChI=1S/C20H20O/c1-3-7-20(21)19(18-13-10-16(2)11-14-18)15-12-17-8-5-4-6-9-17/h3-11,13-14,19-21H,1-2H3/b7-3+/t19?,20-/m0/s1. The molecule has 0 saturated carbocycles. The Morgan fingerprint density at radius 1 is 1.00 bits per heavy atom. The summed E-state index contributed by atoms with van der Waals surface area (Å²) in [5, 5.41) is 10.3. The van der Waals surface area contributed by atoms with Gasteiger partial charge < -0.3 is 5.11 Å². The highest BCUT2D eigenvalue weighted by Crippen LogP contribution is 2.21. The third-order valence-electron chi connectivity index (χ3n) is 3.31. The second-order valence-electron chi connectivity index (χ2n) is 5.04. The first-order valence-electron chi connectivity index (χ1n) is 7.14. The molecule has 2 rings (SSSR count). The average Bonchev–Trinajstić information content (AvgIpc) is 2.50. The van der Waals surface area contributed by atoms with Crippen LogP contribution in [0.1, 0.15) is 29.5 Å². The van der Waals surface area contributed by atoms with Crippen LogP contribution < -0.4 is 0 Å². The number of aliphatic hydroxyl groups excluding tert-OH is 1. The van der Waals surface area contributed by atoms with E-state index in [0.29, 0.717) is 0 Å². The number of allylic oxidation sites excluding steroid dienone is 1. The van der Waals surface area contributed by atoms with Crippen molar-refractivity contribution in [1.29, 1.82) is 0 Å². The minimum Gasteiger partial charge on any atom is -0.387 e. The minimum atomic E-state index is -0.603. The van der Waals surface area contributed by atoms with Crippen LogP contribution in [0.15, 0.2) is 66.7 Å². The van der Waals surface area contributed by atoms with Gasteiger partial charge in [0.2, 0.25) is 0 Å². The smallest absolute Gasteiger partial charge is 0.0899 e. The van der Waals surface area contributed by atoms with Gasteiger partial charge in [0.05, 0.1) is 12.0 Å². The van der Waals surface area contributed by atoms with Crippen molar-refractivity contribution < 1.29 is 5.11 Å². The Balaban J connectivity index is 2.33. The predicted molar refractivity (Wildman–Crippen MR) is 88.1 cm³/mol. The van der Waals surface area contributed by atoms with Gasteiger partial charge in [0.15, 0.2) is 0 Å². The van der Waals surface area contributed by atoms with Crippen molar-refractivity contribution in [2.24, 2.45) is 0 Å². The van der Waals surface area contributed by atoms with E-state index in [1.54, 1.807) is 6.08 Å². The SMILES string of the molecule is C/C=C/[C@H](O)C(C#Cc1ccccc1)c1ccc(C)cc1. The number of aryl methyl sites for hydroxylation is 1. The van der Waals surface area contributed by atoms with E-state index in [-0.39, 0.29) is 5.92 Å². The molecule has 0 bridgehead atoms. The van der Waals surface area contributed by atoms with Crippen LogP contribution in [0, 0.1) is 18.8 Å². The molecule has 1 unspecified atom stereocenters. The lowest BCUT2D eigenvalue weighted by Crippen LogP contribution is -2.14. The number of hydrogen-bond acceptors (Lipinski definition) is 1. The molecule has 2 aromatic carbocycles. The topological polar surface area (TPSA) is 20.2 Å². The van der Waals surface area contributed by atoms with E-state index in [2.05, 4.69) is 30.9 Å². The van der Waals surface area contributed by atoms with Gasteiger partial charge in [-0.25, -0.2) is 0 Å². The van der Waals surface area contributed by atoms with Crippen molar-refractivity contribution in [3.8, 4) is 11.8 Å². The molecule has 0 radical (unpaired) electrons. The summed E-state index contributed by atoms with van der Waals surface area (Å²) >= 11 is 0. The molecule has 0 aliphatic carbocycles. The zero-order chi connectivity index (χ0) is 15.1. The van der Waals surface area contributed by atoms with Crippen LogP contribution >= 0.6 is 0 Å². The molecule has 2 atom stereocenters. The van der Waals surface area contributed by atoms with Gasteiger partial charge in [-0.1, -0.05) is 72.0 Å². The summed E-state index contributed by atoms with van der Waals surface area (Å²) in [5.41, 5.74) is 3.20. The molecular formula is C20H20O. The lowest BCUT2D eigenvalue weighted by Gasteiger charge is -2.15. The number of hydrogen-bond donors (Lipinski definition) is 1. The first kappa shape index (κ1) is 15.1. The second-order valence-corrected chi connectivity index (χ2v) is 5.04. The highest BCUT2D eigenvalue weighted by Gasteiger charge is 2.16. The molecule has 1 N–H and O–H groups in total. The first-order chi connectivity index (χ1) is 10.2. The molecule has 2 aromatic rings. The van der Waals surface area contributed by atoms with Crippen molar-refractivity contribution in [2.45, 2.75) is 25.9 Å². The van der Waals surface area contributed by atoms with Crippen LogP contribution in [0.4, 0.5) is 0 Å². The Kier molecular flexibility index (Phi) is 5.37. The van der Waals surface area contributed by atoms with Crippen LogP contribution in [0.25, 0.3) is 0 Å². The molecule has 0 amide bonds. The molecule has 0 aliphatic heterocycles. The van der Waals surface area contributed by atoms with E-state index in [0.717, 1.165) is 11.1 Å². The summed E-state index contributed by atoms with van der Waals surface area (Å²) in [7, 11) is 0. The third-order valence-corrected chi connectivity index (χ3v) is 3.31. The fraction of sp³-hybridized carbons (Fsp3) is 0.200. The van der Waals surface area contributed by atoms with Gasteiger partial charge in [0.25, 0.3) is 0 Å². The largest absolute Gasteiger partial charge is 0.387 e. The molecule has 0 aromatic heterocycles. The van der Waals surface area contributed by atoms with Gasteiger partial charge in [-0.15, -0.1) is 0 Å². The Morgan fingerprint density at radius 2 is 1.67 bits per heavy atom. The maximum atomic E-state index is 10.3. The molecule has 106 valence electrons. The van der Waals surface area contributed by atoms with Gasteiger partial charge in [-0.05, 0) is 31.5 Å². The van der Waals surface area contributed by atoms with Crippen molar-refractivity contribution in [3.63, 3.8) is 0 Å². The number of rotatable bonds is 3. The van der Waals surface area contributed by atoms with Gasteiger partial charge in [-0.2, -0.15) is 0 Å². The normalized spacial score (nSPS) is 13.5. The fourth-order valence-corrected chi connectivity index (χ4v) is 2.13. The van der Waals surface area contributed by atoms with E-state index >= 15 is 0 Å². The predicted octanol–water partition coefficient (Wildman–Crippen LogP) is 4.07. The van der Waals surface area contributed by atoms with E-state index in [1.165, 1.54) is 5.56 Å². The Hall–Kier alpha value is -2.30. The van der Waals surface area contributed by atoms with Gasteiger partial charge in [-0.3, -0.25) is 0 Å². The maximum Gasteiger partial charge on any atom is 0.0899 e. The highest BCUT2D eigenvalue weighted by molar-refractivity contribution is 5.39. The maximum absolute atomic E-state index is 10.3. The number of benzene rings is 2. The molecular weight excluding hydrogens is 256 g/mol. The van der Waals surface area contributed by atoms with Crippen molar-refractivity contribution in [3.05, 3.63) is 83.4 Å². The molecule has 0 aliphatic rings. The third kappa shape index (κ3) is 4.34. The fourth-order valence-electron chi connectivity index (χ4n) is 2.13. The summed E-state index contributed by atoms with van der Waals surface area (Å²) in [6.45, 7) is 3.96. The molecule has 0 spiro atoms. The van der Waals surface area contributed by atoms with Gasteiger partial charge >= 0.3 is 0 Å². The Morgan fingerprint density at radius 3 is 2.29 bits per heavy atom. The van der Waals surface area contributed by atoms with Crippen LogP contribution in [0.3, 0.4) is 0 Å². The summed E-state index contributed by atoms with van der Waals surface area (Å²) in [6, 6.07) is 18.0. The zero-order valence-electron chi connectivity index (χ0n) is 12.5. The van der Waals surface area contributed by atoms with E-state index in [9.17, 15) is 5.11 Å². The Labute approximate surface area is 127 Å². The minimum absolute atomic E-state index is 0.220. The second kappa shape index (κ2) is 7.47. The Bertz CT molecular complexity index is 642. The van der Waals surface area contributed by atoms with Crippen molar-refractivity contribution in [1.82, 2.24) is 0 Å². The van der Waals surface area contributed by atoms with Crippen LogP contribution in [-0.2, 0) is 0 Å². The van der Waals surface area contributed by atoms with E-state index in [4.69, 9.17) is 0 Å². The van der Waals surface area contributed by atoms with Gasteiger partial charge in [0.1, 0.15) is 0 Å². The lowest BCUT2D eigenvalue weighted by molar-refractivity contribution is 0.210. The molecule has 0 saturated heterocycles. The molecule has 1 heteroatoms. The quantitative estimate of drug-likeness (QED) is 0.662.